The second-order valence-corrected chi connectivity index (χ2v) is 4.83. The molecule has 2 rings (SSSR count). The van der Waals surface area contributed by atoms with Crippen molar-refractivity contribution in [2.45, 2.75) is 19.4 Å². The van der Waals surface area contributed by atoms with Crippen molar-refractivity contribution in [3.05, 3.63) is 51.7 Å². The van der Waals surface area contributed by atoms with Crippen molar-refractivity contribution in [3.8, 4) is 5.75 Å². The Hall–Kier alpha value is -1.32. The quantitative estimate of drug-likeness (QED) is 0.898. The summed E-state index contributed by atoms with van der Waals surface area (Å²) in [6.07, 6.45) is 0.421. The summed E-state index contributed by atoms with van der Waals surface area (Å²) in [7, 11) is 1.63. The fraction of sp³-hybridized carbons (Fsp3) is 0.286. The fourth-order valence-electron chi connectivity index (χ4n) is 1.73. The van der Waals surface area contributed by atoms with E-state index in [4.69, 9.17) is 4.74 Å². The number of aliphatic hydroxyl groups is 1. The molecule has 0 radical (unpaired) electrons. The van der Waals surface area contributed by atoms with Crippen molar-refractivity contribution < 1.29 is 9.84 Å². The molecule has 0 aliphatic rings. The Morgan fingerprint density at radius 3 is 2.82 bits per heavy atom. The summed E-state index contributed by atoms with van der Waals surface area (Å²) in [5.74, 6) is 0.802. The normalized spacial score (nSPS) is 12.4. The molecule has 2 aromatic rings. The highest BCUT2D eigenvalue weighted by Gasteiger charge is 2.13. The summed E-state index contributed by atoms with van der Waals surface area (Å²) in [6, 6.07) is 9.95. The summed E-state index contributed by atoms with van der Waals surface area (Å²) in [5.41, 5.74) is 2.18. The Bertz CT molecular complexity index is 490. The van der Waals surface area contributed by atoms with Crippen molar-refractivity contribution in [1.29, 1.82) is 0 Å². The first-order valence-corrected chi connectivity index (χ1v) is 6.52. The van der Waals surface area contributed by atoms with Crippen molar-refractivity contribution in [2.24, 2.45) is 0 Å². The molecule has 3 heteroatoms. The highest BCUT2D eigenvalue weighted by molar-refractivity contribution is 7.10. The number of ether oxygens (including phenoxy) is 1. The van der Waals surface area contributed by atoms with Gasteiger partial charge in [-0.15, -0.1) is 11.3 Å². The van der Waals surface area contributed by atoms with Gasteiger partial charge in [-0.05, 0) is 23.6 Å². The Kier molecular flexibility index (Phi) is 3.82. The van der Waals surface area contributed by atoms with Crippen LogP contribution < -0.4 is 4.74 Å². The maximum atomic E-state index is 10.3. The fourth-order valence-corrected chi connectivity index (χ4v) is 2.60. The zero-order valence-corrected chi connectivity index (χ0v) is 10.8. The van der Waals surface area contributed by atoms with Gasteiger partial charge in [-0.1, -0.05) is 31.2 Å². The molecular formula is C14H16O2S. The molecule has 0 spiro atoms. The molecule has 0 aliphatic carbocycles. The molecule has 1 N–H and O–H groups in total. The van der Waals surface area contributed by atoms with Gasteiger partial charge < -0.3 is 9.84 Å². The lowest BCUT2D eigenvalue weighted by atomic mass is 10.0. The van der Waals surface area contributed by atoms with Crippen LogP contribution in [0.5, 0.6) is 5.75 Å². The summed E-state index contributed by atoms with van der Waals surface area (Å²) >= 11 is 1.52. The predicted molar refractivity (Wildman–Crippen MR) is 70.8 cm³/mol. The molecule has 2 nitrogen and oxygen atoms in total. The van der Waals surface area contributed by atoms with Gasteiger partial charge in [0.2, 0.25) is 0 Å². The molecule has 1 heterocycles. The average molecular weight is 248 g/mol. The van der Waals surface area contributed by atoms with Gasteiger partial charge >= 0.3 is 0 Å². The Balaban J connectivity index is 2.26. The Morgan fingerprint density at radius 2 is 2.18 bits per heavy atom. The molecule has 1 unspecified atom stereocenters. The molecule has 0 fully saturated rings. The highest BCUT2D eigenvalue weighted by atomic mass is 32.1. The molecule has 0 saturated heterocycles. The number of methoxy groups -OCH3 is 1. The third kappa shape index (κ3) is 2.68. The van der Waals surface area contributed by atoms with Gasteiger partial charge in [0.1, 0.15) is 11.9 Å². The highest BCUT2D eigenvalue weighted by Crippen LogP contribution is 2.31. The van der Waals surface area contributed by atoms with Gasteiger partial charge in [-0.3, -0.25) is 0 Å². The van der Waals surface area contributed by atoms with E-state index in [1.54, 1.807) is 7.11 Å². The average Bonchev–Trinajstić information content (AvgIpc) is 2.86. The zero-order chi connectivity index (χ0) is 12.3. The minimum atomic E-state index is -0.560. The van der Waals surface area contributed by atoms with E-state index in [2.05, 4.69) is 19.1 Å². The topological polar surface area (TPSA) is 29.5 Å². The van der Waals surface area contributed by atoms with Gasteiger partial charge in [-0.2, -0.15) is 0 Å². The SMILES string of the molecule is CCc1cccc(C(O)c2cc(OC)cs2)c1. The lowest BCUT2D eigenvalue weighted by Crippen LogP contribution is -1.97. The van der Waals surface area contributed by atoms with E-state index in [9.17, 15) is 5.11 Å². The molecule has 0 bridgehead atoms. The van der Waals surface area contributed by atoms with Crippen LogP contribution >= 0.6 is 11.3 Å². The van der Waals surface area contributed by atoms with E-state index in [0.29, 0.717) is 0 Å². The minimum absolute atomic E-state index is 0.560. The number of rotatable bonds is 4. The van der Waals surface area contributed by atoms with Gasteiger partial charge in [0.05, 0.1) is 7.11 Å². The van der Waals surface area contributed by atoms with Gasteiger partial charge in [0, 0.05) is 10.3 Å². The smallest absolute Gasteiger partial charge is 0.129 e. The molecule has 1 atom stereocenters. The maximum absolute atomic E-state index is 10.3. The van der Waals surface area contributed by atoms with Gasteiger partial charge in [0.15, 0.2) is 0 Å². The third-order valence-electron chi connectivity index (χ3n) is 2.78. The number of thiophene rings is 1. The van der Waals surface area contributed by atoms with Crippen molar-refractivity contribution in [2.75, 3.05) is 7.11 Å². The lowest BCUT2D eigenvalue weighted by molar-refractivity contribution is 0.224. The van der Waals surface area contributed by atoms with E-state index >= 15 is 0 Å². The molecule has 0 aliphatic heterocycles. The van der Waals surface area contributed by atoms with E-state index in [0.717, 1.165) is 22.6 Å². The van der Waals surface area contributed by atoms with Crippen LogP contribution in [0.1, 0.15) is 29.0 Å². The molecule has 0 amide bonds. The second-order valence-electron chi connectivity index (χ2n) is 3.89. The van der Waals surface area contributed by atoms with Crippen LogP contribution in [0.2, 0.25) is 0 Å². The number of benzene rings is 1. The van der Waals surface area contributed by atoms with Crippen LogP contribution in [0.25, 0.3) is 0 Å². The van der Waals surface area contributed by atoms with Crippen LogP contribution in [-0.4, -0.2) is 12.2 Å². The van der Waals surface area contributed by atoms with E-state index < -0.39 is 6.10 Å². The second kappa shape index (κ2) is 5.34. The van der Waals surface area contributed by atoms with E-state index in [-0.39, 0.29) is 0 Å². The molecule has 90 valence electrons. The number of hydrogen-bond donors (Lipinski definition) is 1. The largest absolute Gasteiger partial charge is 0.496 e. The van der Waals surface area contributed by atoms with Crippen molar-refractivity contribution in [3.63, 3.8) is 0 Å². The predicted octanol–water partition coefficient (Wildman–Crippen LogP) is 3.40. The van der Waals surface area contributed by atoms with Crippen LogP contribution in [0.4, 0.5) is 0 Å². The summed E-state index contributed by atoms with van der Waals surface area (Å²) in [6.45, 7) is 2.11. The third-order valence-corrected chi connectivity index (χ3v) is 3.74. The van der Waals surface area contributed by atoms with Crippen molar-refractivity contribution >= 4 is 11.3 Å². The summed E-state index contributed by atoms with van der Waals surface area (Å²) in [5, 5.41) is 12.2. The molecular weight excluding hydrogens is 232 g/mol. The number of aliphatic hydroxyl groups excluding tert-OH is 1. The first-order chi connectivity index (χ1) is 8.24. The van der Waals surface area contributed by atoms with Crippen LogP contribution in [-0.2, 0) is 6.42 Å². The number of hydrogen-bond acceptors (Lipinski definition) is 3. The van der Waals surface area contributed by atoms with Crippen molar-refractivity contribution in [1.82, 2.24) is 0 Å². The monoisotopic (exact) mass is 248 g/mol. The van der Waals surface area contributed by atoms with Crippen LogP contribution in [0.3, 0.4) is 0 Å². The van der Waals surface area contributed by atoms with E-state index in [1.165, 1.54) is 16.9 Å². The number of aryl methyl sites for hydroxylation is 1. The molecule has 1 aromatic carbocycles. The summed E-state index contributed by atoms with van der Waals surface area (Å²) in [4.78, 5) is 0.912. The van der Waals surface area contributed by atoms with Crippen LogP contribution in [0.15, 0.2) is 35.7 Å². The van der Waals surface area contributed by atoms with Gasteiger partial charge in [-0.25, -0.2) is 0 Å². The maximum Gasteiger partial charge on any atom is 0.129 e. The first-order valence-electron chi connectivity index (χ1n) is 5.64. The standard InChI is InChI=1S/C14H16O2S/c1-3-10-5-4-6-11(7-10)14(15)13-8-12(16-2)9-17-13/h4-9,14-15H,3H2,1-2H3. The minimum Gasteiger partial charge on any atom is -0.496 e. The Morgan fingerprint density at radius 1 is 1.35 bits per heavy atom. The van der Waals surface area contributed by atoms with E-state index in [1.807, 2.05) is 23.6 Å². The molecule has 17 heavy (non-hydrogen) atoms. The molecule has 0 saturated carbocycles. The zero-order valence-electron chi connectivity index (χ0n) is 10.0. The summed E-state index contributed by atoms with van der Waals surface area (Å²) < 4.78 is 5.13. The van der Waals surface area contributed by atoms with Crippen LogP contribution in [0, 0.1) is 0 Å². The molecule has 1 aromatic heterocycles. The Labute approximate surface area is 105 Å². The van der Waals surface area contributed by atoms with Gasteiger partial charge in [0.25, 0.3) is 0 Å². The first kappa shape index (κ1) is 12.1. The lowest BCUT2D eigenvalue weighted by Gasteiger charge is -2.10.